The SMILES string of the molecule is O=C(O)c1ccc(C(O)c2cc(F)c(Cl)cc2F)o1. The van der Waals surface area contributed by atoms with Gasteiger partial charge in [-0.05, 0) is 24.3 Å². The van der Waals surface area contributed by atoms with Crippen molar-refractivity contribution in [1.82, 2.24) is 0 Å². The molecule has 1 atom stereocenters. The zero-order valence-electron chi connectivity index (χ0n) is 9.23. The number of rotatable bonds is 3. The number of furan rings is 1. The van der Waals surface area contributed by atoms with Crippen molar-refractivity contribution >= 4 is 17.6 Å². The standard InChI is InChI=1S/C12H7ClF2O4/c13-6-4-7(14)5(3-8(6)15)11(16)9-1-2-10(19-9)12(17)18/h1-4,11,16H,(H,17,18). The van der Waals surface area contributed by atoms with E-state index in [0.717, 1.165) is 18.2 Å². The highest BCUT2D eigenvalue weighted by atomic mass is 35.5. The van der Waals surface area contributed by atoms with Gasteiger partial charge < -0.3 is 14.6 Å². The molecule has 0 radical (unpaired) electrons. The van der Waals surface area contributed by atoms with Crippen molar-refractivity contribution in [2.45, 2.75) is 6.10 Å². The van der Waals surface area contributed by atoms with Crippen molar-refractivity contribution in [3.8, 4) is 0 Å². The molecule has 0 bridgehead atoms. The molecule has 7 heteroatoms. The van der Waals surface area contributed by atoms with Gasteiger partial charge in [-0.15, -0.1) is 0 Å². The van der Waals surface area contributed by atoms with Crippen LogP contribution < -0.4 is 0 Å². The summed E-state index contributed by atoms with van der Waals surface area (Å²) in [6.45, 7) is 0. The monoisotopic (exact) mass is 288 g/mol. The van der Waals surface area contributed by atoms with Crippen LogP contribution in [0, 0.1) is 11.6 Å². The Hall–Kier alpha value is -1.92. The number of hydrogen-bond acceptors (Lipinski definition) is 3. The van der Waals surface area contributed by atoms with Crippen LogP contribution in [0.3, 0.4) is 0 Å². The first-order valence-corrected chi connectivity index (χ1v) is 5.43. The predicted molar refractivity (Wildman–Crippen MR) is 61.1 cm³/mol. The van der Waals surface area contributed by atoms with Crippen molar-refractivity contribution in [3.63, 3.8) is 0 Å². The maximum Gasteiger partial charge on any atom is 0.371 e. The van der Waals surface area contributed by atoms with Crippen molar-refractivity contribution in [3.05, 3.63) is 58.0 Å². The Labute approximate surface area is 110 Å². The largest absolute Gasteiger partial charge is 0.475 e. The fraction of sp³-hybridized carbons (Fsp3) is 0.0833. The molecular formula is C12H7ClF2O4. The molecule has 0 saturated carbocycles. The average Bonchev–Trinajstić information content (AvgIpc) is 2.82. The zero-order valence-corrected chi connectivity index (χ0v) is 9.99. The van der Waals surface area contributed by atoms with E-state index < -0.39 is 40.1 Å². The summed E-state index contributed by atoms with van der Waals surface area (Å²) in [5.74, 6) is -3.78. The van der Waals surface area contributed by atoms with E-state index in [-0.39, 0.29) is 5.76 Å². The highest BCUT2D eigenvalue weighted by molar-refractivity contribution is 6.30. The molecule has 1 heterocycles. The summed E-state index contributed by atoms with van der Waals surface area (Å²) in [5.41, 5.74) is -0.395. The van der Waals surface area contributed by atoms with Gasteiger partial charge in [0.05, 0.1) is 5.02 Å². The molecule has 2 aromatic rings. The molecular weight excluding hydrogens is 282 g/mol. The second-order valence-corrected chi connectivity index (χ2v) is 4.10. The first-order valence-electron chi connectivity index (χ1n) is 5.05. The Bertz CT molecular complexity index is 639. The Balaban J connectivity index is 2.40. The van der Waals surface area contributed by atoms with Crippen LogP contribution in [0.1, 0.15) is 28.0 Å². The number of aliphatic hydroxyl groups is 1. The van der Waals surface area contributed by atoms with Crippen LogP contribution in [0.25, 0.3) is 0 Å². The van der Waals surface area contributed by atoms with Crippen LogP contribution in [0.2, 0.25) is 5.02 Å². The smallest absolute Gasteiger partial charge is 0.371 e. The number of hydrogen-bond donors (Lipinski definition) is 2. The first-order chi connectivity index (χ1) is 8.90. The molecule has 1 unspecified atom stereocenters. The normalized spacial score (nSPS) is 12.4. The van der Waals surface area contributed by atoms with Crippen molar-refractivity contribution in [2.24, 2.45) is 0 Å². The topological polar surface area (TPSA) is 70.7 Å². The van der Waals surface area contributed by atoms with Gasteiger partial charge in [0.1, 0.15) is 23.5 Å². The number of halogens is 3. The summed E-state index contributed by atoms with van der Waals surface area (Å²) in [6.07, 6.45) is -1.63. The molecule has 2 rings (SSSR count). The minimum atomic E-state index is -1.63. The van der Waals surface area contributed by atoms with Crippen LogP contribution in [0.4, 0.5) is 8.78 Å². The number of aliphatic hydroxyl groups excluding tert-OH is 1. The number of carbonyl (C=O) groups is 1. The van der Waals surface area contributed by atoms with Crippen LogP contribution in [0.15, 0.2) is 28.7 Å². The second kappa shape index (κ2) is 4.99. The molecule has 100 valence electrons. The van der Waals surface area contributed by atoms with E-state index >= 15 is 0 Å². The highest BCUT2D eigenvalue weighted by Gasteiger charge is 2.22. The Morgan fingerprint density at radius 2 is 1.95 bits per heavy atom. The van der Waals surface area contributed by atoms with E-state index in [9.17, 15) is 18.7 Å². The van der Waals surface area contributed by atoms with Gasteiger partial charge in [-0.3, -0.25) is 0 Å². The van der Waals surface area contributed by atoms with Gasteiger partial charge in [-0.25, -0.2) is 13.6 Å². The lowest BCUT2D eigenvalue weighted by molar-refractivity contribution is 0.0654. The fourth-order valence-corrected chi connectivity index (χ4v) is 1.67. The third-order valence-electron chi connectivity index (χ3n) is 2.44. The number of aromatic carboxylic acids is 1. The lowest BCUT2D eigenvalue weighted by Crippen LogP contribution is -2.03. The Morgan fingerprint density at radius 1 is 1.26 bits per heavy atom. The lowest BCUT2D eigenvalue weighted by Gasteiger charge is -2.10. The number of carboxylic acids is 1. The lowest BCUT2D eigenvalue weighted by atomic mass is 10.1. The van der Waals surface area contributed by atoms with Crippen molar-refractivity contribution in [1.29, 1.82) is 0 Å². The molecule has 1 aromatic heterocycles. The van der Waals surface area contributed by atoms with Crippen LogP contribution in [-0.2, 0) is 0 Å². The Morgan fingerprint density at radius 3 is 2.53 bits per heavy atom. The maximum atomic E-state index is 13.6. The second-order valence-electron chi connectivity index (χ2n) is 3.70. The van der Waals surface area contributed by atoms with Gasteiger partial charge in [-0.1, -0.05) is 11.6 Å². The van der Waals surface area contributed by atoms with Gasteiger partial charge >= 0.3 is 5.97 Å². The molecule has 0 aliphatic carbocycles. The fourth-order valence-electron chi connectivity index (χ4n) is 1.52. The van der Waals surface area contributed by atoms with E-state index in [1.54, 1.807) is 0 Å². The van der Waals surface area contributed by atoms with Crippen molar-refractivity contribution in [2.75, 3.05) is 0 Å². The molecule has 19 heavy (non-hydrogen) atoms. The van der Waals surface area contributed by atoms with Gasteiger partial charge in [0.25, 0.3) is 0 Å². The predicted octanol–water partition coefficient (Wildman–Crippen LogP) is 2.99. The molecule has 0 amide bonds. The van der Waals surface area contributed by atoms with Crippen molar-refractivity contribution < 1.29 is 28.2 Å². The van der Waals surface area contributed by atoms with E-state index in [2.05, 4.69) is 0 Å². The average molecular weight is 289 g/mol. The van der Waals surface area contributed by atoms with Gasteiger partial charge in [0.15, 0.2) is 0 Å². The zero-order chi connectivity index (χ0) is 14.2. The molecule has 1 aromatic carbocycles. The van der Waals surface area contributed by atoms with Crippen LogP contribution in [0.5, 0.6) is 0 Å². The first kappa shape index (κ1) is 13.5. The molecule has 0 fully saturated rings. The van der Waals surface area contributed by atoms with Gasteiger partial charge in [-0.2, -0.15) is 0 Å². The number of carboxylic acid groups (broad SMARTS) is 1. The molecule has 0 saturated heterocycles. The van der Waals surface area contributed by atoms with Crippen LogP contribution >= 0.6 is 11.6 Å². The van der Waals surface area contributed by atoms with Gasteiger partial charge in [0, 0.05) is 5.56 Å². The minimum absolute atomic E-state index is 0.210. The molecule has 4 nitrogen and oxygen atoms in total. The molecule has 0 aliphatic heterocycles. The van der Waals surface area contributed by atoms with Gasteiger partial charge in [0.2, 0.25) is 5.76 Å². The minimum Gasteiger partial charge on any atom is -0.475 e. The summed E-state index contributed by atoms with van der Waals surface area (Å²) in [7, 11) is 0. The summed E-state index contributed by atoms with van der Waals surface area (Å²) >= 11 is 5.38. The van der Waals surface area contributed by atoms with E-state index in [1.165, 1.54) is 6.07 Å². The summed E-state index contributed by atoms with van der Waals surface area (Å²) in [6, 6.07) is 3.72. The van der Waals surface area contributed by atoms with E-state index in [4.69, 9.17) is 21.1 Å². The third kappa shape index (κ3) is 2.59. The summed E-state index contributed by atoms with van der Waals surface area (Å²) < 4.78 is 31.6. The molecule has 0 spiro atoms. The summed E-state index contributed by atoms with van der Waals surface area (Å²) in [5, 5.41) is 18.1. The Kier molecular flexibility index (Phi) is 3.55. The summed E-state index contributed by atoms with van der Waals surface area (Å²) in [4.78, 5) is 10.6. The van der Waals surface area contributed by atoms with Crippen LogP contribution in [-0.4, -0.2) is 16.2 Å². The maximum absolute atomic E-state index is 13.6. The highest BCUT2D eigenvalue weighted by Crippen LogP contribution is 2.29. The third-order valence-corrected chi connectivity index (χ3v) is 2.73. The molecule has 2 N–H and O–H groups in total. The quantitative estimate of drug-likeness (QED) is 0.852. The number of benzene rings is 1. The molecule has 0 aliphatic rings. The van der Waals surface area contributed by atoms with E-state index in [1.807, 2.05) is 0 Å². The van der Waals surface area contributed by atoms with E-state index in [0.29, 0.717) is 0 Å².